The second-order valence-electron chi connectivity index (χ2n) is 13.1. The Kier molecular flexibility index (Phi) is 10.4. The molecule has 0 N–H and O–H groups in total. The van der Waals surface area contributed by atoms with E-state index in [4.69, 9.17) is 0 Å². The van der Waals surface area contributed by atoms with Crippen molar-refractivity contribution in [2.24, 2.45) is 0 Å². The van der Waals surface area contributed by atoms with Gasteiger partial charge in [0.05, 0.1) is 0 Å². The van der Waals surface area contributed by atoms with Crippen molar-refractivity contribution < 1.29 is 16.6 Å². The van der Waals surface area contributed by atoms with Crippen LogP contribution >= 0.6 is 24.8 Å². The van der Waals surface area contributed by atoms with Crippen LogP contribution in [0.3, 0.4) is 0 Å². The number of allylic oxidation sites excluding steroid dienone is 2. The third-order valence-corrected chi connectivity index (χ3v) is 23.5. The first-order valence-electron chi connectivity index (χ1n) is 16.9. The number of rotatable bonds is 6. The summed E-state index contributed by atoms with van der Waals surface area (Å²) in [6.45, 7) is 10.1. The molecule has 2 aliphatic rings. The third-order valence-electron chi connectivity index (χ3n) is 10.5. The van der Waals surface area contributed by atoms with Gasteiger partial charge in [-0.3, -0.25) is 0 Å². The third kappa shape index (κ3) is 5.68. The van der Waals surface area contributed by atoms with E-state index >= 15 is 0 Å². The second-order valence-corrected chi connectivity index (χ2v) is 25.4. The summed E-state index contributed by atoms with van der Waals surface area (Å²) in [6.07, 6.45) is 6.94. The molecule has 6 aromatic carbocycles. The quantitative estimate of drug-likeness (QED) is 0.151. The number of fused-ring (bicyclic) bond motifs is 4. The van der Waals surface area contributed by atoms with Crippen LogP contribution in [0.5, 0.6) is 0 Å². The molecule has 0 saturated carbocycles. The zero-order chi connectivity index (χ0) is 31.4. The van der Waals surface area contributed by atoms with Crippen molar-refractivity contribution in [2.75, 3.05) is 0 Å². The summed E-state index contributed by atoms with van der Waals surface area (Å²) >= 11 is -1.79. The minimum absolute atomic E-state index is 0. The summed E-state index contributed by atoms with van der Waals surface area (Å²) in [7, 11) is 0. The fraction of sp³-hybridized carbons (Fsp3) is 0.182. The van der Waals surface area contributed by atoms with E-state index in [-0.39, 0.29) is 24.8 Å². The van der Waals surface area contributed by atoms with Gasteiger partial charge < -0.3 is 0 Å². The van der Waals surface area contributed by atoms with E-state index in [0.29, 0.717) is 8.45 Å². The summed E-state index contributed by atoms with van der Waals surface area (Å²) in [5.74, 6) is 0. The molecule has 48 heavy (non-hydrogen) atoms. The van der Waals surface area contributed by atoms with E-state index in [0.717, 1.165) is 12.8 Å². The monoisotopic (exact) mass is 716 g/mol. The molecule has 0 amide bonds. The van der Waals surface area contributed by atoms with Gasteiger partial charge in [0.1, 0.15) is 0 Å². The Hall–Kier alpha value is -3.17. The number of hydrogen-bond donors (Lipinski definition) is 0. The SMILES string of the molecule is CCC1=Cc2c(-c3cccc4ccccc34)cccc2[CH]1[Ti]([CH]1C(CC)=Cc2c(-c3cccc4ccccc34)cccc21)=[Si](C)C.Cl.Cl. The van der Waals surface area contributed by atoms with Gasteiger partial charge in [-0.15, -0.1) is 24.8 Å². The molecule has 2 aliphatic carbocycles. The molecule has 240 valence electrons. The Labute approximate surface area is 304 Å². The van der Waals surface area contributed by atoms with Crippen LogP contribution < -0.4 is 0 Å². The van der Waals surface area contributed by atoms with Gasteiger partial charge in [-0.1, -0.05) is 0 Å². The molecular weight excluding hydrogens is 675 g/mol. The first-order valence-corrected chi connectivity index (χ1v) is 23.5. The first-order chi connectivity index (χ1) is 22.6. The standard InChI is InChI=1S/2C21H17.C2H6Si.2ClH.Ti/c2*1-2-15-13-17-9-6-12-20(21(17)14-15)19-11-5-8-16-7-3-4-10-18(16)19;1-3-2;;;/h2*3-14H,2H2,1H3;1-2H3;2*1H;. The fourth-order valence-electron chi connectivity index (χ4n) is 8.41. The Balaban J connectivity index is 0.00000201. The summed E-state index contributed by atoms with van der Waals surface area (Å²) in [6, 6.07) is 45.8. The Morgan fingerprint density at radius 2 is 0.854 bits per heavy atom. The van der Waals surface area contributed by atoms with Crippen LogP contribution in [0.15, 0.2) is 132 Å². The van der Waals surface area contributed by atoms with Crippen molar-refractivity contribution >= 4 is 64.7 Å². The maximum Gasteiger partial charge on any atom is -0.147 e. The Morgan fingerprint density at radius 3 is 1.27 bits per heavy atom. The Morgan fingerprint density at radius 1 is 0.479 bits per heavy atom. The number of benzene rings is 6. The largest absolute Gasteiger partial charge is 0.147 e. The molecule has 0 fully saturated rings. The zero-order valence-electron chi connectivity index (χ0n) is 28.1. The molecule has 0 bridgehead atoms. The van der Waals surface area contributed by atoms with Gasteiger partial charge in [-0.05, 0) is 0 Å². The molecule has 0 spiro atoms. The van der Waals surface area contributed by atoms with Gasteiger partial charge in [0.15, 0.2) is 0 Å². The normalized spacial score (nSPS) is 16.0. The second kappa shape index (κ2) is 14.4. The zero-order valence-corrected chi connectivity index (χ0v) is 32.3. The van der Waals surface area contributed by atoms with Gasteiger partial charge in [0.25, 0.3) is 0 Å². The van der Waals surface area contributed by atoms with Crippen LogP contribution in [-0.2, 0) is 16.6 Å². The molecule has 2 unspecified atom stereocenters. The molecule has 2 atom stereocenters. The van der Waals surface area contributed by atoms with E-state index in [1.165, 1.54) is 54.9 Å². The van der Waals surface area contributed by atoms with Gasteiger partial charge in [-0.25, -0.2) is 0 Å². The minimum Gasteiger partial charge on any atom is -0.147 e. The summed E-state index contributed by atoms with van der Waals surface area (Å²) < 4.78 is 1.21. The van der Waals surface area contributed by atoms with Gasteiger partial charge in [0.2, 0.25) is 0 Å². The summed E-state index contributed by atoms with van der Waals surface area (Å²) in [5, 5.41) is 5.33. The van der Waals surface area contributed by atoms with Crippen LogP contribution in [0.2, 0.25) is 13.1 Å². The maximum atomic E-state index is 2.64. The molecule has 0 heterocycles. The van der Waals surface area contributed by atoms with Crippen LogP contribution in [0.1, 0.15) is 57.4 Å². The maximum absolute atomic E-state index is 2.64. The molecule has 0 radical (unpaired) electrons. The van der Waals surface area contributed by atoms with Crippen LogP contribution in [0, 0.1) is 0 Å². The van der Waals surface area contributed by atoms with Gasteiger partial charge >= 0.3 is 282 Å². The smallest absolute Gasteiger partial charge is 0.147 e. The summed E-state index contributed by atoms with van der Waals surface area (Å²) in [4.78, 5) is 0. The Bertz CT molecular complexity index is 2110. The van der Waals surface area contributed by atoms with Crippen molar-refractivity contribution in [1.29, 1.82) is 0 Å². The van der Waals surface area contributed by atoms with E-state index < -0.39 is 22.8 Å². The fourth-order valence-corrected chi connectivity index (χ4v) is 22.3. The average Bonchev–Trinajstić information content (AvgIpc) is 3.66. The molecular formula is C44H42Cl2SiTi. The molecule has 0 aliphatic heterocycles. The summed E-state index contributed by atoms with van der Waals surface area (Å²) in [5.41, 5.74) is 15.1. The van der Waals surface area contributed by atoms with Crippen LogP contribution in [-0.4, -0.2) is 6.19 Å². The molecule has 6 aromatic rings. The van der Waals surface area contributed by atoms with Crippen molar-refractivity contribution in [3.8, 4) is 22.3 Å². The average molecular weight is 718 g/mol. The molecule has 4 heteroatoms. The minimum atomic E-state index is -1.79. The first kappa shape index (κ1) is 34.7. The van der Waals surface area contributed by atoms with Crippen molar-refractivity contribution in [1.82, 2.24) is 0 Å². The molecule has 8 rings (SSSR count). The van der Waals surface area contributed by atoms with Crippen LogP contribution in [0.25, 0.3) is 56.0 Å². The number of hydrogen-bond acceptors (Lipinski definition) is 0. The van der Waals surface area contributed by atoms with Crippen molar-refractivity contribution in [2.45, 2.75) is 48.2 Å². The topological polar surface area (TPSA) is 0 Å². The van der Waals surface area contributed by atoms with E-state index in [9.17, 15) is 0 Å². The predicted octanol–water partition coefficient (Wildman–Crippen LogP) is 13.4. The molecule has 0 nitrogen and oxygen atoms in total. The van der Waals surface area contributed by atoms with Crippen molar-refractivity contribution in [3.63, 3.8) is 0 Å². The van der Waals surface area contributed by atoms with Gasteiger partial charge in [-0.2, -0.15) is 0 Å². The predicted molar refractivity (Wildman–Crippen MR) is 213 cm³/mol. The van der Waals surface area contributed by atoms with Crippen LogP contribution in [0.4, 0.5) is 0 Å². The van der Waals surface area contributed by atoms with Gasteiger partial charge in [0, 0.05) is 0 Å². The van der Waals surface area contributed by atoms with Crippen molar-refractivity contribution in [3.05, 3.63) is 155 Å². The number of halogens is 2. The molecule has 0 saturated heterocycles. The van der Waals surface area contributed by atoms with E-state index in [1.54, 1.807) is 22.3 Å². The van der Waals surface area contributed by atoms with E-state index in [2.05, 4.69) is 160 Å². The molecule has 0 aromatic heterocycles. The van der Waals surface area contributed by atoms with E-state index in [1.807, 2.05) is 0 Å².